The Bertz CT molecular complexity index is 1760. The first kappa shape index (κ1) is 32.3. The zero-order valence-electron chi connectivity index (χ0n) is 26.1. The molecule has 3 fully saturated rings. The highest BCUT2D eigenvalue weighted by atomic mass is 35.5. The van der Waals surface area contributed by atoms with Crippen LogP contribution in [0, 0.1) is 0 Å². The van der Waals surface area contributed by atoms with E-state index >= 15 is 0 Å². The smallest absolute Gasteiger partial charge is 0.345 e. The molecule has 1 aliphatic carbocycles. The highest BCUT2D eigenvalue weighted by Gasteiger charge is 2.35. The maximum absolute atomic E-state index is 12.1. The Kier molecular flexibility index (Phi) is 9.38. The zero-order chi connectivity index (χ0) is 32.5. The van der Waals surface area contributed by atoms with Crippen LogP contribution in [0.3, 0.4) is 0 Å². The normalized spacial score (nSPS) is 23.2. The van der Waals surface area contributed by atoms with Crippen molar-refractivity contribution in [2.24, 2.45) is 9.39 Å². The van der Waals surface area contributed by atoms with Crippen molar-refractivity contribution in [2.45, 2.75) is 70.1 Å². The summed E-state index contributed by atoms with van der Waals surface area (Å²) in [6.45, 7) is 7.67. The first-order chi connectivity index (χ1) is 22.7. The first-order valence-corrected chi connectivity index (χ1v) is 18.4. The summed E-state index contributed by atoms with van der Waals surface area (Å²) >= 11 is 13.1. The van der Waals surface area contributed by atoms with Gasteiger partial charge in [-0.05, 0) is 69.0 Å². The summed E-state index contributed by atoms with van der Waals surface area (Å²) in [5.74, 6) is 1.68. The van der Waals surface area contributed by atoms with Crippen LogP contribution < -0.4 is 14.9 Å². The Morgan fingerprint density at radius 3 is 2.64 bits per heavy atom. The van der Waals surface area contributed by atoms with Gasteiger partial charge < -0.3 is 14.7 Å². The second kappa shape index (κ2) is 13.7. The van der Waals surface area contributed by atoms with Crippen molar-refractivity contribution in [3.05, 3.63) is 52.5 Å². The van der Waals surface area contributed by atoms with Gasteiger partial charge in [0.05, 0.1) is 22.9 Å². The fourth-order valence-electron chi connectivity index (χ4n) is 6.75. The van der Waals surface area contributed by atoms with Crippen LogP contribution in [0.5, 0.6) is 0 Å². The number of piperazine rings is 1. The van der Waals surface area contributed by atoms with E-state index in [4.69, 9.17) is 32.7 Å². The van der Waals surface area contributed by atoms with Crippen LogP contribution in [0.4, 0.5) is 11.5 Å². The topological polar surface area (TPSA) is 144 Å². The molecule has 47 heavy (non-hydrogen) atoms. The van der Waals surface area contributed by atoms with Gasteiger partial charge in [0.2, 0.25) is 12.2 Å². The Morgan fingerprint density at radius 1 is 1.09 bits per heavy atom. The molecule has 2 aromatic heterocycles. The fourth-order valence-corrected chi connectivity index (χ4v) is 8.02. The molecular weight excluding hydrogens is 663 g/mol. The number of benzene rings is 1. The number of hydrogen-bond acceptors (Lipinski definition) is 11. The lowest BCUT2D eigenvalue weighted by molar-refractivity contribution is 0.0590. The van der Waals surface area contributed by atoms with Gasteiger partial charge >= 0.3 is 10.2 Å². The molecule has 3 aromatic rings. The third kappa shape index (κ3) is 7.56. The molecule has 7 rings (SSSR count). The van der Waals surface area contributed by atoms with Crippen LogP contribution in [0.15, 0.2) is 50.8 Å². The van der Waals surface area contributed by atoms with Crippen LogP contribution in [0.2, 0.25) is 10.0 Å². The Labute approximate surface area is 284 Å². The number of pyridine rings is 1. The van der Waals surface area contributed by atoms with Crippen LogP contribution in [-0.4, -0.2) is 95.9 Å². The highest BCUT2D eigenvalue weighted by Crippen LogP contribution is 2.32. The molecule has 250 valence electrons. The summed E-state index contributed by atoms with van der Waals surface area (Å²) in [4.78, 5) is 20.9. The van der Waals surface area contributed by atoms with E-state index in [0.717, 1.165) is 94.7 Å². The summed E-state index contributed by atoms with van der Waals surface area (Å²) in [6.07, 6.45) is 9.30. The van der Waals surface area contributed by atoms with E-state index in [0.29, 0.717) is 33.6 Å². The minimum absolute atomic E-state index is 0.135. The van der Waals surface area contributed by atoms with E-state index in [-0.39, 0.29) is 17.7 Å². The second-order valence-corrected chi connectivity index (χ2v) is 14.8. The van der Waals surface area contributed by atoms with Gasteiger partial charge in [0, 0.05) is 48.8 Å². The monoisotopic (exact) mass is 700 g/mol. The molecular formula is C31H38Cl2N10O3S. The lowest BCUT2D eigenvalue weighted by Gasteiger charge is -2.48. The number of aromatic nitrogens is 3. The Hall–Kier alpha value is -3.30. The number of nitrogens with zero attached hydrogens (tertiary/aromatic N) is 8. The molecule has 1 atom stereocenters. The largest absolute Gasteiger partial charge is 0.353 e. The minimum Gasteiger partial charge on any atom is -0.353 e. The summed E-state index contributed by atoms with van der Waals surface area (Å²) < 4.78 is 35.3. The number of anilines is 2. The molecule has 1 aromatic carbocycles. The van der Waals surface area contributed by atoms with E-state index in [2.05, 4.69) is 57.3 Å². The number of hydrogen-bond donors (Lipinski definition) is 2. The molecule has 0 spiro atoms. The minimum atomic E-state index is -3.81. The van der Waals surface area contributed by atoms with Crippen molar-refractivity contribution in [3.63, 3.8) is 0 Å². The van der Waals surface area contributed by atoms with Gasteiger partial charge in [-0.3, -0.25) is 14.8 Å². The molecule has 13 nitrogen and oxygen atoms in total. The molecule has 16 heteroatoms. The number of nitrogens with one attached hydrogen (secondary N) is 2. The molecule has 3 aliphatic heterocycles. The third-order valence-electron chi connectivity index (χ3n) is 9.15. The molecule has 0 radical (unpaired) electrons. The third-order valence-corrected chi connectivity index (χ3v) is 10.5. The summed E-state index contributed by atoms with van der Waals surface area (Å²) in [5, 5.41) is 8.24. The molecule has 1 saturated carbocycles. The summed E-state index contributed by atoms with van der Waals surface area (Å²) in [5.41, 5.74) is 2.61. The van der Waals surface area contributed by atoms with Gasteiger partial charge in [-0.1, -0.05) is 47.8 Å². The van der Waals surface area contributed by atoms with E-state index in [1.54, 1.807) is 12.3 Å². The first-order valence-electron chi connectivity index (χ1n) is 16.2. The zero-order valence-corrected chi connectivity index (χ0v) is 28.5. The maximum Gasteiger partial charge on any atom is 0.345 e. The van der Waals surface area contributed by atoms with Crippen molar-refractivity contribution in [2.75, 3.05) is 42.9 Å². The van der Waals surface area contributed by atoms with Crippen molar-refractivity contribution >= 4 is 56.6 Å². The van der Waals surface area contributed by atoms with Crippen LogP contribution in [0.1, 0.15) is 51.0 Å². The lowest BCUT2D eigenvalue weighted by atomic mass is 9.96. The van der Waals surface area contributed by atoms with E-state index in [1.807, 2.05) is 12.1 Å². The van der Waals surface area contributed by atoms with E-state index < -0.39 is 10.2 Å². The van der Waals surface area contributed by atoms with Crippen LogP contribution in [-0.2, 0) is 16.8 Å². The van der Waals surface area contributed by atoms with Crippen LogP contribution >= 0.6 is 23.2 Å². The SMILES string of the molecule is CCC[C@H]1CN(c2ncc(NC3=NS(=O)(=O)NC3=NC3CC3)cc2Cl)CCN1C1CCN(Cc2ccc(Cl)cc2-c2ncon2)CC1. The van der Waals surface area contributed by atoms with Gasteiger partial charge in [-0.15, -0.1) is 4.40 Å². The fraction of sp³-hybridized carbons (Fsp3) is 0.516. The van der Waals surface area contributed by atoms with Gasteiger partial charge in [-0.2, -0.15) is 13.4 Å². The standard InChI is InChI=1S/C31H38Cl2N10O3S/c1-2-3-25-18-42(31-27(33)15-23(16-34-31)37-30-29(36-22-6-7-22)39-47(44,45)40-30)12-13-43(25)24-8-10-41(11-9-24)17-20-4-5-21(32)14-26(20)28-35-19-46-38-28/h4-5,14-16,19,22,24-25H,2-3,6-13,17-18H2,1H3,(H,36,39)(H,37,40)/t25-/m0/s1. The summed E-state index contributed by atoms with van der Waals surface area (Å²) in [6, 6.07) is 8.71. The van der Waals surface area contributed by atoms with Crippen LogP contribution in [0.25, 0.3) is 11.4 Å². The van der Waals surface area contributed by atoms with E-state index in [9.17, 15) is 8.42 Å². The van der Waals surface area contributed by atoms with Crippen molar-refractivity contribution in [1.82, 2.24) is 29.6 Å². The average molecular weight is 702 g/mol. The van der Waals surface area contributed by atoms with E-state index in [1.165, 1.54) is 6.39 Å². The average Bonchev–Trinajstić information content (AvgIpc) is 3.59. The number of aliphatic imine (C=N–C) groups is 1. The molecule has 0 bridgehead atoms. The highest BCUT2D eigenvalue weighted by molar-refractivity contribution is 7.89. The van der Waals surface area contributed by atoms with Crippen molar-refractivity contribution in [3.8, 4) is 11.4 Å². The molecule has 5 heterocycles. The van der Waals surface area contributed by atoms with Gasteiger partial charge in [0.25, 0.3) is 0 Å². The number of piperidine rings is 1. The van der Waals surface area contributed by atoms with Gasteiger partial charge in [-0.25, -0.2) is 9.71 Å². The molecule has 2 N–H and O–H groups in total. The second-order valence-electron chi connectivity index (χ2n) is 12.6. The number of rotatable bonds is 9. The molecule has 0 amide bonds. The Balaban J connectivity index is 0.974. The number of likely N-dealkylation sites (tertiary alicyclic amines) is 1. The Morgan fingerprint density at radius 2 is 1.91 bits per heavy atom. The number of halogens is 2. The summed E-state index contributed by atoms with van der Waals surface area (Å²) in [7, 11) is -3.81. The van der Waals surface area contributed by atoms with Crippen molar-refractivity contribution < 1.29 is 12.9 Å². The molecule has 4 aliphatic rings. The lowest BCUT2D eigenvalue weighted by Crippen LogP contribution is -2.58. The molecule has 2 saturated heterocycles. The molecule has 0 unspecified atom stereocenters. The van der Waals surface area contributed by atoms with Crippen molar-refractivity contribution in [1.29, 1.82) is 0 Å². The van der Waals surface area contributed by atoms with Gasteiger partial charge in [0.15, 0.2) is 11.7 Å². The number of amidine groups is 2. The quantitative estimate of drug-likeness (QED) is 0.325. The van der Waals surface area contributed by atoms with Gasteiger partial charge in [0.1, 0.15) is 5.82 Å². The predicted molar refractivity (Wildman–Crippen MR) is 183 cm³/mol. The maximum atomic E-state index is 12.1. The predicted octanol–water partition coefficient (Wildman–Crippen LogP) is 4.61.